The Morgan fingerprint density at radius 1 is 0.963 bits per heavy atom. The fourth-order valence-electron chi connectivity index (χ4n) is 3.02. The molecule has 2 aromatic carbocycles. The minimum Gasteiger partial charge on any atom is -0.497 e. The second-order valence-electron chi connectivity index (χ2n) is 6.11. The van der Waals surface area contributed by atoms with E-state index >= 15 is 0 Å². The summed E-state index contributed by atoms with van der Waals surface area (Å²) in [4.78, 5) is 13.8. The quantitative estimate of drug-likeness (QED) is 0.727. The van der Waals surface area contributed by atoms with Crippen molar-refractivity contribution in [2.24, 2.45) is 0 Å². The molecule has 0 saturated carbocycles. The summed E-state index contributed by atoms with van der Waals surface area (Å²) in [6.07, 6.45) is 0. The van der Waals surface area contributed by atoms with Gasteiger partial charge in [0.25, 0.3) is 0 Å². The van der Waals surface area contributed by atoms with Gasteiger partial charge in [-0.15, -0.1) is 0 Å². The van der Waals surface area contributed by atoms with Gasteiger partial charge >= 0.3 is 5.97 Å². The first kappa shape index (κ1) is 19.2. The number of carbonyl (C=O) groups is 1. The van der Waals surface area contributed by atoms with Crippen LogP contribution in [0.4, 0.5) is 5.69 Å². The summed E-state index contributed by atoms with van der Waals surface area (Å²) in [7, 11) is -0.693. The van der Waals surface area contributed by atoms with E-state index in [-0.39, 0.29) is 4.90 Å². The number of methoxy groups -OCH3 is 2. The van der Waals surface area contributed by atoms with Crippen LogP contribution >= 0.6 is 0 Å². The lowest BCUT2D eigenvalue weighted by molar-refractivity contribution is 0.0600. The van der Waals surface area contributed by atoms with Crippen molar-refractivity contribution in [3.05, 3.63) is 54.1 Å². The first-order chi connectivity index (χ1) is 13.0. The van der Waals surface area contributed by atoms with Crippen LogP contribution < -0.4 is 9.64 Å². The average Bonchev–Trinajstić information content (AvgIpc) is 2.73. The smallest absolute Gasteiger partial charge is 0.337 e. The molecule has 0 aliphatic carbocycles. The van der Waals surface area contributed by atoms with Crippen molar-refractivity contribution < 1.29 is 22.7 Å². The molecule has 1 heterocycles. The van der Waals surface area contributed by atoms with Crippen LogP contribution in [0.15, 0.2) is 53.4 Å². The van der Waals surface area contributed by atoms with Crippen LogP contribution in [0.2, 0.25) is 0 Å². The third-order valence-corrected chi connectivity index (χ3v) is 6.48. The Bertz CT molecular complexity index is 904. The first-order valence-electron chi connectivity index (χ1n) is 8.53. The number of piperazine rings is 1. The van der Waals surface area contributed by atoms with Gasteiger partial charge in [0, 0.05) is 37.9 Å². The topological polar surface area (TPSA) is 76.2 Å². The number of hydrogen-bond donors (Lipinski definition) is 0. The Balaban J connectivity index is 1.70. The molecule has 3 rings (SSSR count). The van der Waals surface area contributed by atoms with Crippen molar-refractivity contribution >= 4 is 21.7 Å². The zero-order valence-electron chi connectivity index (χ0n) is 15.3. The van der Waals surface area contributed by atoms with Crippen LogP contribution in [-0.4, -0.2) is 59.1 Å². The van der Waals surface area contributed by atoms with Crippen LogP contribution in [0.5, 0.6) is 5.75 Å². The number of esters is 1. The molecule has 0 aromatic heterocycles. The minimum atomic E-state index is -3.60. The Hall–Kier alpha value is -2.58. The molecule has 2 aromatic rings. The number of carbonyl (C=O) groups excluding carboxylic acids is 1. The van der Waals surface area contributed by atoms with E-state index in [1.54, 1.807) is 7.11 Å². The molecule has 0 amide bonds. The maximum Gasteiger partial charge on any atom is 0.337 e. The fourth-order valence-corrected chi connectivity index (χ4v) is 4.45. The van der Waals surface area contributed by atoms with Gasteiger partial charge in [0.05, 0.1) is 24.7 Å². The van der Waals surface area contributed by atoms with Crippen LogP contribution in [0.3, 0.4) is 0 Å². The minimum absolute atomic E-state index is 0.171. The highest BCUT2D eigenvalue weighted by Gasteiger charge is 2.28. The van der Waals surface area contributed by atoms with Crippen molar-refractivity contribution in [3.8, 4) is 5.75 Å². The molecule has 0 N–H and O–H groups in total. The van der Waals surface area contributed by atoms with Gasteiger partial charge < -0.3 is 14.4 Å². The molecule has 1 saturated heterocycles. The van der Waals surface area contributed by atoms with E-state index in [9.17, 15) is 13.2 Å². The zero-order chi connectivity index (χ0) is 19.4. The third-order valence-electron chi connectivity index (χ3n) is 4.57. The van der Waals surface area contributed by atoms with E-state index in [0.29, 0.717) is 31.7 Å². The molecule has 0 spiro atoms. The Kier molecular flexibility index (Phi) is 5.67. The summed E-state index contributed by atoms with van der Waals surface area (Å²) in [5.74, 6) is 0.277. The molecule has 1 fully saturated rings. The molecular formula is C19H22N2O5S. The normalized spacial score (nSPS) is 15.4. The van der Waals surface area contributed by atoms with Gasteiger partial charge in [-0.3, -0.25) is 0 Å². The largest absolute Gasteiger partial charge is 0.497 e. The standard InChI is InChI=1S/C19H22N2O5S/c1-25-17-5-3-4-16(14-17)20-10-12-21(13-11-20)27(23,24)18-8-6-15(7-9-18)19(22)26-2/h3-9,14H,10-13H2,1-2H3. The van der Waals surface area contributed by atoms with Crippen molar-refractivity contribution in [1.29, 1.82) is 0 Å². The lowest BCUT2D eigenvalue weighted by Gasteiger charge is -2.35. The number of sulfonamides is 1. The SMILES string of the molecule is COC(=O)c1ccc(S(=O)(=O)N2CCN(c3cccc(OC)c3)CC2)cc1. The molecule has 27 heavy (non-hydrogen) atoms. The Morgan fingerprint density at radius 2 is 1.63 bits per heavy atom. The highest BCUT2D eigenvalue weighted by Crippen LogP contribution is 2.24. The van der Waals surface area contributed by atoms with E-state index in [4.69, 9.17) is 4.74 Å². The van der Waals surface area contributed by atoms with E-state index in [2.05, 4.69) is 9.64 Å². The number of nitrogens with zero attached hydrogens (tertiary/aromatic N) is 2. The lowest BCUT2D eigenvalue weighted by atomic mass is 10.2. The molecule has 144 valence electrons. The Morgan fingerprint density at radius 3 is 2.22 bits per heavy atom. The van der Waals surface area contributed by atoms with Crippen molar-refractivity contribution in [3.63, 3.8) is 0 Å². The van der Waals surface area contributed by atoms with Gasteiger partial charge in [-0.25, -0.2) is 13.2 Å². The molecule has 8 heteroatoms. The number of rotatable bonds is 5. The summed E-state index contributed by atoms with van der Waals surface area (Å²) in [5.41, 5.74) is 1.33. The van der Waals surface area contributed by atoms with Gasteiger partial charge in [-0.1, -0.05) is 6.07 Å². The van der Waals surface area contributed by atoms with Crippen molar-refractivity contribution in [2.45, 2.75) is 4.90 Å². The molecule has 0 bridgehead atoms. The van der Waals surface area contributed by atoms with E-state index < -0.39 is 16.0 Å². The second-order valence-corrected chi connectivity index (χ2v) is 8.05. The summed E-state index contributed by atoms with van der Waals surface area (Å²) in [6.45, 7) is 1.95. The third kappa shape index (κ3) is 4.06. The second kappa shape index (κ2) is 7.98. The first-order valence-corrected chi connectivity index (χ1v) is 9.97. The van der Waals surface area contributed by atoms with Gasteiger partial charge in [0.15, 0.2) is 0 Å². The molecule has 0 atom stereocenters. The highest BCUT2D eigenvalue weighted by molar-refractivity contribution is 7.89. The predicted octanol–water partition coefficient (Wildman–Crippen LogP) is 1.99. The van der Waals surface area contributed by atoms with Gasteiger partial charge in [-0.05, 0) is 36.4 Å². The van der Waals surface area contributed by atoms with Crippen LogP contribution in [0.1, 0.15) is 10.4 Å². The van der Waals surface area contributed by atoms with Crippen LogP contribution in [-0.2, 0) is 14.8 Å². The Labute approximate surface area is 159 Å². The summed E-state index contributed by atoms with van der Waals surface area (Å²) < 4.78 is 37.1. The summed E-state index contributed by atoms with van der Waals surface area (Å²) in [6, 6.07) is 13.5. The lowest BCUT2D eigenvalue weighted by Crippen LogP contribution is -2.48. The average molecular weight is 390 g/mol. The number of hydrogen-bond acceptors (Lipinski definition) is 6. The molecular weight excluding hydrogens is 368 g/mol. The van der Waals surface area contributed by atoms with Crippen LogP contribution in [0.25, 0.3) is 0 Å². The number of anilines is 1. The molecule has 7 nitrogen and oxygen atoms in total. The predicted molar refractivity (Wildman–Crippen MR) is 102 cm³/mol. The highest BCUT2D eigenvalue weighted by atomic mass is 32.2. The molecule has 1 aliphatic heterocycles. The number of benzene rings is 2. The van der Waals surface area contributed by atoms with Crippen molar-refractivity contribution in [1.82, 2.24) is 4.31 Å². The monoisotopic (exact) mass is 390 g/mol. The van der Waals surface area contributed by atoms with E-state index in [1.165, 1.54) is 35.7 Å². The molecule has 0 unspecified atom stereocenters. The van der Waals surface area contributed by atoms with Gasteiger partial charge in [0.1, 0.15) is 5.75 Å². The molecule has 1 aliphatic rings. The van der Waals surface area contributed by atoms with Gasteiger partial charge in [0.2, 0.25) is 10.0 Å². The zero-order valence-corrected chi connectivity index (χ0v) is 16.1. The maximum atomic E-state index is 12.9. The fraction of sp³-hybridized carbons (Fsp3) is 0.316. The summed E-state index contributed by atoms with van der Waals surface area (Å²) in [5, 5.41) is 0. The van der Waals surface area contributed by atoms with Crippen LogP contribution in [0, 0.1) is 0 Å². The van der Waals surface area contributed by atoms with E-state index in [0.717, 1.165) is 11.4 Å². The molecule has 0 radical (unpaired) electrons. The van der Waals surface area contributed by atoms with Gasteiger partial charge in [-0.2, -0.15) is 4.31 Å². The van der Waals surface area contributed by atoms with E-state index in [1.807, 2.05) is 24.3 Å². The van der Waals surface area contributed by atoms with Crippen molar-refractivity contribution in [2.75, 3.05) is 45.3 Å². The maximum absolute atomic E-state index is 12.9. The summed E-state index contributed by atoms with van der Waals surface area (Å²) >= 11 is 0. The number of ether oxygens (including phenoxy) is 2.